The second-order valence-electron chi connectivity index (χ2n) is 6.76. The number of hydrogen-bond donors (Lipinski definition) is 0. The van der Waals surface area contributed by atoms with Crippen LogP contribution in [-0.4, -0.2) is 55.9 Å². The number of rotatable bonds is 6. The average Bonchev–Trinajstić information content (AvgIpc) is 3.07. The molecule has 1 heterocycles. The van der Waals surface area contributed by atoms with Crippen LogP contribution in [0.2, 0.25) is 0 Å². The highest BCUT2D eigenvalue weighted by Crippen LogP contribution is 2.20. The molecule has 1 aliphatic rings. The van der Waals surface area contributed by atoms with Gasteiger partial charge in [0, 0.05) is 12.6 Å². The summed E-state index contributed by atoms with van der Waals surface area (Å²) >= 11 is 0. The van der Waals surface area contributed by atoms with Gasteiger partial charge in [-0.05, 0) is 36.6 Å². The van der Waals surface area contributed by atoms with Crippen LogP contribution in [0.1, 0.15) is 23.7 Å². The number of carbonyl (C=O) groups excluding carboxylic acids is 2. The van der Waals surface area contributed by atoms with Crippen LogP contribution < -0.4 is 0 Å². The van der Waals surface area contributed by atoms with Crippen LogP contribution in [0.3, 0.4) is 0 Å². The molecule has 28 heavy (non-hydrogen) atoms. The predicted molar refractivity (Wildman–Crippen MR) is 107 cm³/mol. The van der Waals surface area contributed by atoms with Gasteiger partial charge >= 0.3 is 5.97 Å². The summed E-state index contributed by atoms with van der Waals surface area (Å²) < 4.78 is 28.4. The van der Waals surface area contributed by atoms with Crippen molar-refractivity contribution in [2.75, 3.05) is 24.7 Å². The first-order valence-corrected chi connectivity index (χ1v) is 11.0. The lowest BCUT2D eigenvalue weighted by Gasteiger charge is -2.26. The number of benzene rings is 2. The summed E-state index contributed by atoms with van der Waals surface area (Å²) in [6, 6.07) is 16.4. The van der Waals surface area contributed by atoms with E-state index in [4.69, 9.17) is 4.74 Å². The quantitative estimate of drug-likeness (QED) is 0.695. The van der Waals surface area contributed by atoms with E-state index in [-0.39, 0.29) is 23.5 Å². The lowest BCUT2D eigenvalue weighted by molar-refractivity contribution is -0.136. The van der Waals surface area contributed by atoms with Crippen LogP contribution in [0, 0.1) is 0 Å². The topological polar surface area (TPSA) is 80.8 Å². The summed E-state index contributed by atoms with van der Waals surface area (Å²) in [5.74, 6) is -0.891. The molecule has 1 saturated heterocycles. The van der Waals surface area contributed by atoms with Crippen molar-refractivity contribution in [3.8, 4) is 11.1 Å². The van der Waals surface area contributed by atoms with Gasteiger partial charge in [-0.25, -0.2) is 13.2 Å². The fraction of sp³-hybridized carbons (Fsp3) is 0.333. The third-order valence-corrected chi connectivity index (χ3v) is 6.62. The van der Waals surface area contributed by atoms with Gasteiger partial charge in [-0.3, -0.25) is 4.79 Å². The van der Waals surface area contributed by atoms with Crippen LogP contribution in [-0.2, 0) is 19.4 Å². The second-order valence-corrected chi connectivity index (χ2v) is 8.98. The van der Waals surface area contributed by atoms with Gasteiger partial charge in [-0.2, -0.15) is 0 Å². The Kier molecular flexibility index (Phi) is 6.14. The zero-order valence-electron chi connectivity index (χ0n) is 15.7. The second kappa shape index (κ2) is 8.56. The maximum Gasteiger partial charge on any atom is 0.338 e. The van der Waals surface area contributed by atoms with E-state index in [1.54, 1.807) is 19.1 Å². The first kappa shape index (κ1) is 20.1. The van der Waals surface area contributed by atoms with Crippen molar-refractivity contribution in [2.45, 2.75) is 19.4 Å². The molecule has 0 saturated carbocycles. The molecule has 0 aliphatic carbocycles. The molecular weight excluding hydrogens is 378 g/mol. The number of likely N-dealkylation sites (N-methyl/N-ethyl adjacent to an activating group) is 1. The molecule has 0 N–H and O–H groups in total. The van der Waals surface area contributed by atoms with E-state index >= 15 is 0 Å². The van der Waals surface area contributed by atoms with Crippen LogP contribution in [0.25, 0.3) is 11.1 Å². The van der Waals surface area contributed by atoms with Gasteiger partial charge in [0.2, 0.25) is 0 Å². The van der Waals surface area contributed by atoms with Gasteiger partial charge in [0.15, 0.2) is 16.4 Å². The van der Waals surface area contributed by atoms with E-state index in [1.807, 2.05) is 42.5 Å². The average molecular weight is 401 g/mol. The Morgan fingerprint density at radius 2 is 1.68 bits per heavy atom. The molecule has 2 aromatic rings. The Hall–Kier alpha value is -2.67. The highest BCUT2D eigenvalue weighted by molar-refractivity contribution is 7.91. The number of ether oxygens (including phenoxy) is 1. The predicted octanol–water partition coefficient (Wildman–Crippen LogP) is 2.55. The van der Waals surface area contributed by atoms with E-state index in [0.717, 1.165) is 11.1 Å². The van der Waals surface area contributed by atoms with Crippen molar-refractivity contribution in [2.24, 2.45) is 0 Å². The zero-order chi connectivity index (χ0) is 20.1. The molecule has 0 spiro atoms. The lowest BCUT2D eigenvalue weighted by Crippen LogP contribution is -2.43. The van der Waals surface area contributed by atoms with Gasteiger partial charge in [0.1, 0.15) is 0 Å². The molecule has 1 fully saturated rings. The standard InChI is InChI=1S/C21H23NO5S/c1-2-22(19-12-13-28(25,26)15-19)20(23)14-27-21(24)18-10-8-17(9-11-18)16-6-4-3-5-7-16/h3-11,19H,2,12-15H2,1H3/t19-/m1/s1. The minimum atomic E-state index is -3.09. The Bertz CT molecular complexity index is 939. The van der Waals surface area contributed by atoms with E-state index in [9.17, 15) is 18.0 Å². The van der Waals surface area contributed by atoms with E-state index < -0.39 is 22.4 Å². The van der Waals surface area contributed by atoms with Gasteiger partial charge in [-0.15, -0.1) is 0 Å². The van der Waals surface area contributed by atoms with Gasteiger partial charge in [0.25, 0.3) is 5.91 Å². The molecule has 3 rings (SSSR count). The molecule has 0 aromatic heterocycles. The van der Waals surface area contributed by atoms with Crippen LogP contribution in [0.5, 0.6) is 0 Å². The van der Waals surface area contributed by atoms with Crippen LogP contribution >= 0.6 is 0 Å². The minimum absolute atomic E-state index is 0.0263. The minimum Gasteiger partial charge on any atom is -0.452 e. The third-order valence-electron chi connectivity index (χ3n) is 4.86. The van der Waals surface area contributed by atoms with Crippen molar-refractivity contribution in [3.05, 3.63) is 60.2 Å². The van der Waals surface area contributed by atoms with Crippen molar-refractivity contribution in [3.63, 3.8) is 0 Å². The Balaban J connectivity index is 1.58. The summed E-state index contributed by atoms with van der Waals surface area (Å²) in [4.78, 5) is 26.1. The maximum absolute atomic E-state index is 12.4. The van der Waals surface area contributed by atoms with Crippen molar-refractivity contribution >= 4 is 21.7 Å². The number of sulfone groups is 1. The maximum atomic E-state index is 12.4. The summed E-state index contributed by atoms with van der Waals surface area (Å²) in [5, 5.41) is 0. The highest BCUT2D eigenvalue weighted by Gasteiger charge is 2.34. The molecule has 0 unspecified atom stereocenters. The van der Waals surface area contributed by atoms with E-state index in [1.165, 1.54) is 4.90 Å². The Morgan fingerprint density at radius 1 is 1.04 bits per heavy atom. The SMILES string of the molecule is CCN(C(=O)COC(=O)c1ccc(-c2ccccc2)cc1)[C@@H]1CCS(=O)(=O)C1. The van der Waals surface area contributed by atoms with Crippen molar-refractivity contribution < 1.29 is 22.7 Å². The fourth-order valence-corrected chi connectivity index (χ4v) is 5.11. The Morgan fingerprint density at radius 3 is 2.25 bits per heavy atom. The number of carbonyl (C=O) groups is 2. The molecule has 148 valence electrons. The Labute approximate surface area is 165 Å². The highest BCUT2D eigenvalue weighted by atomic mass is 32.2. The van der Waals surface area contributed by atoms with Crippen molar-refractivity contribution in [1.82, 2.24) is 4.90 Å². The van der Waals surface area contributed by atoms with Gasteiger partial charge in [-0.1, -0.05) is 42.5 Å². The monoisotopic (exact) mass is 401 g/mol. The normalized spacial score (nSPS) is 17.8. The summed E-state index contributed by atoms with van der Waals surface area (Å²) in [5.41, 5.74) is 2.38. The third kappa shape index (κ3) is 4.78. The molecule has 1 atom stereocenters. The van der Waals surface area contributed by atoms with Crippen molar-refractivity contribution in [1.29, 1.82) is 0 Å². The molecular formula is C21H23NO5S. The molecule has 1 amide bonds. The zero-order valence-corrected chi connectivity index (χ0v) is 16.5. The molecule has 0 radical (unpaired) electrons. The first-order valence-electron chi connectivity index (χ1n) is 9.22. The molecule has 0 bridgehead atoms. The number of amides is 1. The number of hydrogen-bond acceptors (Lipinski definition) is 5. The van der Waals surface area contributed by atoms with E-state index in [0.29, 0.717) is 18.5 Å². The van der Waals surface area contributed by atoms with E-state index in [2.05, 4.69) is 0 Å². The summed E-state index contributed by atoms with van der Waals surface area (Å²) in [7, 11) is -3.09. The molecule has 6 nitrogen and oxygen atoms in total. The molecule has 7 heteroatoms. The lowest BCUT2D eigenvalue weighted by atomic mass is 10.0. The number of nitrogens with zero attached hydrogens (tertiary/aromatic N) is 1. The van der Waals surface area contributed by atoms with Gasteiger partial charge < -0.3 is 9.64 Å². The molecule has 1 aliphatic heterocycles. The first-order chi connectivity index (χ1) is 13.4. The largest absolute Gasteiger partial charge is 0.452 e. The van der Waals surface area contributed by atoms with Crippen LogP contribution in [0.15, 0.2) is 54.6 Å². The summed E-state index contributed by atoms with van der Waals surface area (Å²) in [6.45, 7) is 1.76. The summed E-state index contributed by atoms with van der Waals surface area (Å²) in [6.07, 6.45) is 0.427. The van der Waals surface area contributed by atoms with Gasteiger partial charge in [0.05, 0.1) is 17.1 Å². The van der Waals surface area contributed by atoms with Crippen LogP contribution in [0.4, 0.5) is 0 Å². The fourth-order valence-electron chi connectivity index (χ4n) is 3.38. The smallest absolute Gasteiger partial charge is 0.338 e. The number of esters is 1. The molecule has 2 aromatic carbocycles.